The van der Waals surface area contributed by atoms with Crippen LogP contribution in [-0.4, -0.2) is 31.6 Å². The Labute approximate surface area is 200 Å². The van der Waals surface area contributed by atoms with Gasteiger partial charge in [0.15, 0.2) is 11.5 Å². The van der Waals surface area contributed by atoms with Crippen molar-refractivity contribution in [2.45, 2.75) is 59.2 Å². The van der Waals surface area contributed by atoms with Crippen molar-refractivity contribution in [2.24, 2.45) is 11.3 Å². The number of carbonyl (C=O) groups excluding carboxylic acids is 1. The number of nitrogens with zero attached hydrogens (tertiary/aromatic N) is 1. The minimum atomic E-state index is -4.47. The van der Waals surface area contributed by atoms with Gasteiger partial charge in [-0.2, -0.15) is 13.2 Å². The van der Waals surface area contributed by atoms with Gasteiger partial charge in [-0.3, -0.25) is 4.79 Å². The van der Waals surface area contributed by atoms with Crippen LogP contribution in [0.4, 0.5) is 13.2 Å². The molecule has 0 saturated heterocycles. The predicted octanol–water partition coefficient (Wildman–Crippen LogP) is 6.66. The van der Waals surface area contributed by atoms with Gasteiger partial charge in [0, 0.05) is 13.0 Å². The molecule has 186 valence electrons. The summed E-state index contributed by atoms with van der Waals surface area (Å²) in [6.45, 7) is 8.88. The van der Waals surface area contributed by atoms with Gasteiger partial charge in [0.25, 0.3) is 0 Å². The minimum absolute atomic E-state index is 0.0559. The summed E-state index contributed by atoms with van der Waals surface area (Å²) >= 11 is 0. The summed E-state index contributed by atoms with van der Waals surface area (Å²) in [7, 11) is 3.06. The molecule has 0 saturated carbocycles. The van der Waals surface area contributed by atoms with E-state index in [4.69, 9.17) is 9.47 Å². The van der Waals surface area contributed by atoms with Crippen LogP contribution >= 0.6 is 0 Å². The van der Waals surface area contributed by atoms with Crippen LogP contribution in [0.1, 0.15) is 68.8 Å². The van der Waals surface area contributed by atoms with Crippen molar-refractivity contribution in [3.05, 3.63) is 58.7 Å². The van der Waals surface area contributed by atoms with Crippen molar-refractivity contribution in [1.82, 2.24) is 4.90 Å². The van der Waals surface area contributed by atoms with E-state index >= 15 is 0 Å². The highest BCUT2D eigenvalue weighted by atomic mass is 19.4. The predicted molar refractivity (Wildman–Crippen MR) is 126 cm³/mol. The van der Waals surface area contributed by atoms with E-state index in [-0.39, 0.29) is 17.2 Å². The summed E-state index contributed by atoms with van der Waals surface area (Å²) in [5, 5.41) is 0. The Kier molecular flexibility index (Phi) is 7.53. The second-order valence-electron chi connectivity index (χ2n) is 10.3. The number of carbonyl (C=O) groups is 1. The lowest BCUT2D eigenvalue weighted by molar-refractivity contribution is -0.137. The lowest BCUT2D eigenvalue weighted by atomic mass is 9.83. The van der Waals surface area contributed by atoms with Gasteiger partial charge in [0.2, 0.25) is 5.91 Å². The van der Waals surface area contributed by atoms with E-state index in [2.05, 4.69) is 20.8 Å². The van der Waals surface area contributed by atoms with E-state index in [9.17, 15) is 18.0 Å². The van der Waals surface area contributed by atoms with Crippen LogP contribution in [0.15, 0.2) is 36.4 Å². The Morgan fingerprint density at radius 3 is 2.32 bits per heavy atom. The molecule has 0 spiro atoms. The van der Waals surface area contributed by atoms with E-state index in [1.54, 1.807) is 24.1 Å². The van der Waals surface area contributed by atoms with Gasteiger partial charge in [-0.15, -0.1) is 0 Å². The fourth-order valence-electron chi connectivity index (χ4n) is 4.99. The Morgan fingerprint density at radius 2 is 1.74 bits per heavy atom. The van der Waals surface area contributed by atoms with E-state index in [0.29, 0.717) is 36.4 Å². The van der Waals surface area contributed by atoms with Crippen LogP contribution in [0.5, 0.6) is 11.5 Å². The number of methoxy groups -OCH3 is 2. The monoisotopic (exact) mass is 477 g/mol. The molecule has 2 aromatic carbocycles. The normalized spacial score (nSPS) is 17.2. The Balaban J connectivity index is 2.07. The molecule has 0 bridgehead atoms. The largest absolute Gasteiger partial charge is 0.493 e. The minimum Gasteiger partial charge on any atom is -0.493 e. The maximum Gasteiger partial charge on any atom is 0.416 e. The Hall–Kier alpha value is -2.70. The SMILES string of the molecule is COc1cc2c(cc1OC)[C@H](c1cccc(C(F)(F)F)c1)N(C(=O)C[C@@H](C)CC(C)(C)C)CC2. The second kappa shape index (κ2) is 9.88. The third-order valence-corrected chi connectivity index (χ3v) is 6.21. The first kappa shape index (κ1) is 25.9. The van der Waals surface area contributed by atoms with Crippen LogP contribution in [0.2, 0.25) is 0 Å². The average molecular weight is 478 g/mol. The molecule has 1 aliphatic rings. The first-order chi connectivity index (χ1) is 15.8. The molecule has 0 N–H and O–H groups in total. The smallest absolute Gasteiger partial charge is 0.416 e. The van der Waals surface area contributed by atoms with Crippen molar-refractivity contribution in [1.29, 1.82) is 0 Å². The van der Waals surface area contributed by atoms with Gasteiger partial charge >= 0.3 is 6.18 Å². The zero-order valence-electron chi connectivity index (χ0n) is 20.8. The van der Waals surface area contributed by atoms with Crippen molar-refractivity contribution < 1.29 is 27.4 Å². The molecular formula is C27H34F3NO3. The molecule has 1 aliphatic heterocycles. The molecule has 4 nitrogen and oxygen atoms in total. The number of benzene rings is 2. The van der Waals surface area contributed by atoms with Crippen molar-refractivity contribution in [2.75, 3.05) is 20.8 Å². The number of amides is 1. The Morgan fingerprint density at radius 1 is 1.09 bits per heavy atom. The topological polar surface area (TPSA) is 38.8 Å². The number of hydrogen-bond donors (Lipinski definition) is 0. The highest BCUT2D eigenvalue weighted by molar-refractivity contribution is 5.78. The standard InChI is InChI=1S/C27H34F3NO3/c1-17(16-26(2,3)4)12-24(32)31-11-10-18-14-22(33-5)23(34-6)15-21(18)25(31)19-8-7-9-20(13-19)27(28,29)30/h7-9,13-15,17,25H,10-12,16H2,1-6H3/t17-,25+/m1/s1. The van der Waals surface area contributed by atoms with Crippen LogP contribution in [-0.2, 0) is 17.4 Å². The summed E-state index contributed by atoms with van der Waals surface area (Å²) in [4.78, 5) is 15.2. The molecule has 2 atom stereocenters. The first-order valence-corrected chi connectivity index (χ1v) is 11.6. The zero-order chi connectivity index (χ0) is 25.3. The number of halogens is 3. The number of fused-ring (bicyclic) bond motifs is 1. The highest BCUT2D eigenvalue weighted by Crippen LogP contribution is 2.42. The number of ether oxygens (including phenoxy) is 2. The van der Waals surface area contributed by atoms with Gasteiger partial charge in [0.1, 0.15) is 0 Å². The van der Waals surface area contributed by atoms with Gasteiger partial charge in [-0.05, 0) is 65.1 Å². The summed E-state index contributed by atoms with van der Waals surface area (Å²) < 4.78 is 51.4. The number of alkyl halides is 3. The summed E-state index contributed by atoms with van der Waals surface area (Å²) in [5.74, 6) is 1.14. The fourth-order valence-corrected chi connectivity index (χ4v) is 4.99. The van der Waals surface area contributed by atoms with Crippen molar-refractivity contribution in [3.8, 4) is 11.5 Å². The van der Waals surface area contributed by atoms with Gasteiger partial charge in [0.05, 0.1) is 25.8 Å². The van der Waals surface area contributed by atoms with Gasteiger partial charge in [-0.25, -0.2) is 0 Å². The highest BCUT2D eigenvalue weighted by Gasteiger charge is 2.36. The molecule has 0 aromatic heterocycles. The van der Waals surface area contributed by atoms with E-state index in [1.165, 1.54) is 13.2 Å². The lowest BCUT2D eigenvalue weighted by Gasteiger charge is -2.39. The van der Waals surface area contributed by atoms with Gasteiger partial charge in [-0.1, -0.05) is 39.8 Å². The number of rotatable bonds is 6. The van der Waals surface area contributed by atoms with E-state index < -0.39 is 17.8 Å². The van der Waals surface area contributed by atoms with Gasteiger partial charge < -0.3 is 14.4 Å². The molecule has 0 unspecified atom stereocenters. The average Bonchev–Trinajstić information content (AvgIpc) is 2.75. The zero-order valence-corrected chi connectivity index (χ0v) is 20.8. The third-order valence-electron chi connectivity index (χ3n) is 6.21. The Bertz CT molecular complexity index is 1030. The molecule has 1 amide bonds. The molecule has 2 aromatic rings. The molecule has 0 fully saturated rings. The molecule has 0 aliphatic carbocycles. The van der Waals surface area contributed by atoms with Crippen molar-refractivity contribution in [3.63, 3.8) is 0 Å². The quantitative estimate of drug-likeness (QED) is 0.467. The summed E-state index contributed by atoms with van der Waals surface area (Å²) in [6.07, 6.45) is -2.66. The fraction of sp³-hybridized carbons (Fsp3) is 0.519. The lowest BCUT2D eigenvalue weighted by Crippen LogP contribution is -2.41. The molecule has 1 heterocycles. The molecule has 34 heavy (non-hydrogen) atoms. The third kappa shape index (κ3) is 5.86. The first-order valence-electron chi connectivity index (χ1n) is 11.6. The van der Waals surface area contributed by atoms with E-state index in [1.807, 2.05) is 13.0 Å². The van der Waals surface area contributed by atoms with Crippen LogP contribution in [0.3, 0.4) is 0 Å². The maximum absolute atomic E-state index is 13.5. The molecule has 3 rings (SSSR count). The second-order valence-corrected chi connectivity index (χ2v) is 10.3. The molecule has 0 radical (unpaired) electrons. The van der Waals surface area contributed by atoms with Crippen LogP contribution < -0.4 is 9.47 Å². The maximum atomic E-state index is 13.5. The van der Waals surface area contributed by atoms with Crippen molar-refractivity contribution >= 4 is 5.91 Å². The van der Waals surface area contributed by atoms with Crippen LogP contribution in [0, 0.1) is 11.3 Å². The molecular weight excluding hydrogens is 443 g/mol. The summed E-state index contributed by atoms with van der Waals surface area (Å²) in [5.41, 5.74) is 1.48. The number of hydrogen-bond acceptors (Lipinski definition) is 3. The summed E-state index contributed by atoms with van der Waals surface area (Å²) in [6, 6.07) is 8.27. The molecule has 7 heteroatoms. The van der Waals surface area contributed by atoms with E-state index in [0.717, 1.165) is 29.7 Å². The van der Waals surface area contributed by atoms with Crippen LogP contribution in [0.25, 0.3) is 0 Å².